The summed E-state index contributed by atoms with van der Waals surface area (Å²) in [6.07, 6.45) is 1.66. The predicted molar refractivity (Wildman–Crippen MR) is 150 cm³/mol. The molecule has 200 valence electrons. The summed E-state index contributed by atoms with van der Waals surface area (Å²) in [6.45, 7) is 0. The Hall–Kier alpha value is -4.01. The lowest BCUT2D eigenvalue weighted by Gasteiger charge is -2.38. The van der Waals surface area contributed by atoms with E-state index in [9.17, 15) is 10.1 Å². The summed E-state index contributed by atoms with van der Waals surface area (Å²) in [5, 5.41) is 19.7. The number of carbonyl (C=O) groups is 1. The molecule has 1 unspecified atom stereocenters. The van der Waals surface area contributed by atoms with E-state index in [1.807, 2.05) is 18.2 Å². The van der Waals surface area contributed by atoms with Crippen LogP contribution in [0.1, 0.15) is 36.3 Å². The summed E-state index contributed by atoms with van der Waals surface area (Å²) in [4.78, 5) is 15.2. The van der Waals surface area contributed by atoms with E-state index in [1.165, 1.54) is 38.2 Å². The summed E-state index contributed by atoms with van der Waals surface area (Å²) in [6, 6.07) is 15.9. The molecule has 0 fully saturated rings. The van der Waals surface area contributed by atoms with Crippen LogP contribution in [-0.4, -0.2) is 37.3 Å². The quantitative estimate of drug-likeness (QED) is 0.369. The number of hydrogen-bond acceptors (Lipinski definition) is 11. The maximum atomic E-state index is 13.5. The molecule has 0 spiro atoms. The second-order valence-corrected chi connectivity index (χ2v) is 11.0. The molecule has 1 aliphatic carbocycles. The largest absolute Gasteiger partial charge is 0.493 e. The minimum atomic E-state index is -0.719. The number of ether oxygens (including phenoxy) is 3. The van der Waals surface area contributed by atoms with Gasteiger partial charge in [-0.05, 0) is 24.5 Å². The molecule has 2 heterocycles. The first-order chi connectivity index (χ1) is 19.0. The number of thioether (sulfide) groups is 1. The molecule has 2 aliphatic rings. The summed E-state index contributed by atoms with van der Waals surface area (Å²) in [5.74, 6) is 1.46. The van der Waals surface area contributed by atoms with E-state index >= 15 is 0 Å². The first kappa shape index (κ1) is 26.6. The van der Waals surface area contributed by atoms with E-state index < -0.39 is 5.92 Å². The minimum absolute atomic E-state index is 0.0356. The average molecular weight is 562 g/mol. The van der Waals surface area contributed by atoms with Crippen LogP contribution < -0.4 is 24.8 Å². The van der Waals surface area contributed by atoms with Gasteiger partial charge in [0.1, 0.15) is 5.82 Å². The summed E-state index contributed by atoms with van der Waals surface area (Å²) in [5.41, 5.74) is 9.99. The van der Waals surface area contributed by atoms with E-state index in [4.69, 9.17) is 19.9 Å². The van der Waals surface area contributed by atoms with Crippen LogP contribution in [0.15, 0.2) is 69.5 Å². The Morgan fingerprint density at radius 2 is 1.85 bits per heavy atom. The number of benzene rings is 2. The molecular weight excluding hydrogens is 534 g/mol. The minimum Gasteiger partial charge on any atom is -0.493 e. The van der Waals surface area contributed by atoms with Crippen molar-refractivity contribution in [3.05, 3.63) is 76.3 Å². The van der Waals surface area contributed by atoms with E-state index in [0.29, 0.717) is 52.8 Å². The van der Waals surface area contributed by atoms with Gasteiger partial charge in [0, 0.05) is 29.0 Å². The van der Waals surface area contributed by atoms with Gasteiger partial charge in [-0.15, -0.1) is 10.2 Å². The van der Waals surface area contributed by atoms with Gasteiger partial charge < -0.3 is 19.9 Å². The van der Waals surface area contributed by atoms with Gasteiger partial charge in [0.05, 0.1) is 38.9 Å². The molecule has 11 heteroatoms. The molecule has 0 radical (unpaired) electrons. The van der Waals surface area contributed by atoms with Crippen molar-refractivity contribution in [3.8, 4) is 23.3 Å². The number of rotatable bonds is 8. The summed E-state index contributed by atoms with van der Waals surface area (Å²) in [7, 11) is 4.57. The number of ketones is 1. The average Bonchev–Trinajstić information content (AvgIpc) is 3.43. The standard InChI is InChI=1S/C28H27N5O4S2/c1-35-21-13-12-17(24(36-2)25(21)37-3)22-18(14-29)26(30)33(19-10-7-11-20(34)23(19)22)27-31-32-28(39-27)38-15-16-8-5-4-6-9-16/h4-6,8-9,12-13,22H,7,10-11,15,30H2,1-3H3. The molecule has 0 bridgehead atoms. The number of carbonyl (C=O) groups excluding carboxylic acids is 1. The zero-order valence-electron chi connectivity index (χ0n) is 21.8. The smallest absolute Gasteiger partial charge is 0.219 e. The first-order valence-electron chi connectivity index (χ1n) is 12.3. The van der Waals surface area contributed by atoms with Crippen LogP contribution in [0.4, 0.5) is 5.13 Å². The molecule has 1 aliphatic heterocycles. The van der Waals surface area contributed by atoms with Gasteiger partial charge in [-0.25, -0.2) is 0 Å². The Bertz CT molecular complexity index is 1510. The first-order valence-corrected chi connectivity index (χ1v) is 14.1. The molecule has 39 heavy (non-hydrogen) atoms. The topological polar surface area (TPSA) is 124 Å². The second-order valence-electron chi connectivity index (χ2n) is 8.86. The van der Waals surface area contributed by atoms with Crippen molar-refractivity contribution >= 4 is 34.0 Å². The number of anilines is 1. The van der Waals surface area contributed by atoms with Gasteiger partial charge in [0.15, 0.2) is 21.6 Å². The molecule has 5 rings (SSSR count). The van der Waals surface area contributed by atoms with Crippen molar-refractivity contribution in [2.24, 2.45) is 5.73 Å². The number of nitrogens with zero attached hydrogens (tertiary/aromatic N) is 4. The molecule has 9 nitrogen and oxygen atoms in total. The van der Waals surface area contributed by atoms with Crippen LogP contribution in [0.3, 0.4) is 0 Å². The number of hydrogen-bond donors (Lipinski definition) is 1. The molecular formula is C28H27N5O4S2. The van der Waals surface area contributed by atoms with E-state index in [2.05, 4.69) is 28.4 Å². The molecule has 0 amide bonds. The molecule has 1 aromatic heterocycles. The van der Waals surface area contributed by atoms with Crippen molar-refractivity contribution in [2.75, 3.05) is 26.2 Å². The highest BCUT2D eigenvalue weighted by Gasteiger charge is 2.43. The van der Waals surface area contributed by atoms with Crippen LogP contribution >= 0.6 is 23.1 Å². The lowest BCUT2D eigenvalue weighted by Crippen LogP contribution is -2.38. The highest BCUT2D eigenvalue weighted by atomic mass is 32.2. The number of allylic oxidation sites excluding steroid dienone is 3. The van der Waals surface area contributed by atoms with Crippen molar-refractivity contribution in [3.63, 3.8) is 0 Å². The fourth-order valence-electron chi connectivity index (χ4n) is 5.04. The number of aromatic nitrogens is 2. The summed E-state index contributed by atoms with van der Waals surface area (Å²) < 4.78 is 17.5. The molecule has 2 N–H and O–H groups in total. The molecule has 3 aromatic rings. The molecule has 0 saturated carbocycles. The number of nitrogens with two attached hydrogens (primary N) is 1. The third-order valence-corrected chi connectivity index (χ3v) is 8.86. The Balaban J connectivity index is 1.60. The Labute approximate surface area is 234 Å². The van der Waals surface area contributed by atoms with E-state index in [0.717, 1.165) is 15.8 Å². The van der Waals surface area contributed by atoms with Crippen molar-refractivity contribution in [2.45, 2.75) is 35.3 Å². The maximum absolute atomic E-state index is 13.5. The van der Waals surface area contributed by atoms with Gasteiger partial charge in [-0.3, -0.25) is 9.69 Å². The van der Waals surface area contributed by atoms with Gasteiger partial charge in [-0.2, -0.15) is 5.26 Å². The number of methoxy groups -OCH3 is 3. The lowest BCUT2D eigenvalue weighted by molar-refractivity contribution is -0.116. The molecule has 1 atom stereocenters. The van der Waals surface area contributed by atoms with Crippen LogP contribution in [0.25, 0.3) is 0 Å². The second kappa shape index (κ2) is 11.4. The lowest BCUT2D eigenvalue weighted by atomic mass is 9.75. The van der Waals surface area contributed by atoms with Gasteiger partial charge in [-0.1, -0.05) is 59.5 Å². The number of Topliss-reactive ketones (excluding diaryl/α,β-unsaturated/α-hetero) is 1. The van der Waals surface area contributed by atoms with Crippen molar-refractivity contribution < 1.29 is 19.0 Å². The SMILES string of the molecule is COc1ccc(C2C(C#N)=C(N)N(c3nnc(SCc4ccccc4)s3)C3=C2C(=O)CCC3)c(OC)c1OC. The molecule has 2 aromatic carbocycles. The Kier molecular flexibility index (Phi) is 7.77. The van der Waals surface area contributed by atoms with Crippen LogP contribution in [-0.2, 0) is 10.5 Å². The zero-order chi connectivity index (χ0) is 27.5. The fraction of sp³-hybridized carbons (Fsp3) is 0.286. The van der Waals surface area contributed by atoms with E-state index in [1.54, 1.807) is 28.8 Å². The van der Waals surface area contributed by atoms with E-state index in [-0.39, 0.29) is 17.2 Å². The third kappa shape index (κ3) is 4.82. The fourth-order valence-corrected chi connectivity index (χ4v) is 6.87. The van der Waals surface area contributed by atoms with Gasteiger partial charge in [0.25, 0.3) is 0 Å². The van der Waals surface area contributed by atoms with Crippen molar-refractivity contribution in [1.29, 1.82) is 5.26 Å². The molecule has 0 saturated heterocycles. The Morgan fingerprint density at radius 3 is 2.54 bits per heavy atom. The maximum Gasteiger partial charge on any atom is 0.219 e. The van der Waals surface area contributed by atoms with Crippen LogP contribution in [0.5, 0.6) is 17.2 Å². The third-order valence-electron chi connectivity index (χ3n) is 6.75. The normalized spacial score (nSPS) is 17.1. The Morgan fingerprint density at radius 1 is 1.08 bits per heavy atom. The monoisotopic (exact) mass is 561 g/mol. The zero-order valence-corrected chi connectivity index (χ0v) is 23.4. The predicted octanol–water partition coefficient (Wildman–Crippen LogP) is 5.16. The summed E-state index contributed by atoms with van der Waals surface area (Å²) >= 11 is 2.96. The van der Waals surface area contributed by atoms with Crippen LogP contribution in [0.2, 0.25) is 0 Å². The highest BCUT2D eigenvalue weighted by molar-refractivity contribution is 8.00. The van der Waals surface area contributed by atoms with Gasteiger partial charge in [0.2, 0.25) is 10.9 Å². The van der Waals surface area contributed by atoms with Crippen LogP contribution in [0, 0.1) is 11.3 Å². The highest BCUT2D eigenvalue weighted by Crippen LogP contribution is 2.52. The van der Waals surface area contributed by atoms with Crippen molar-refractivity contribution in [1.82, 2.24) is 10.2 Å². The van der Waals surface area contributed by atoms with Gasteiger partial charge >= 0.3 is 0 Å². The number of nitriles is 1.